The van der Waals surface area contributed by atoms with Crippen LogP contribution in [0.4, 0.5) is 5.82 Å². The van der Waals surface area contributed by atoms with Crippen molar-refractivity contribution in [2.24, 2.45) is 0 Å². The molecule has 2 rings (SSSR count). The molecule has 1 aliphatic carbocycles. The molecule has 4 heteroatoms. The second-order valence-electron chi connectivity index (χ2n) is 3.60. The van der Waals surface area contributed by atoms with E-state index in [0.29, 0.717) is 6.04 Å². The molecule has 0 aliphatic heterocycles. The zero-order valence-electron chi connectivity index (χ0n) is 7.90. The Labute approximate surface area is 76.8 Å². The van der Waals surface area contributed by atoms with Crippen LogP contribution in [0.3, 0.4) is 0 Å². The maximum absolute atomic E-state index is 11.4. The second-order valence-corrected chi connectivity index (χ2v) is 3.60. The molecule has 1 aromatic heterocycles. The summed E-state index contributed by atoms with van der Waals surface area (Å²) in [5.41, 5.74) is 0.00750. The average molecular weight is 179 g/mol. The van der Waals surface area contributed by atoms with Gasteiger partial charge in [-0.05, 0) is 18.9 Å². The molecule has 70 valence electrons. The first kappa shape index (κ1) is 8.29. The van der Waals surface area contributed by atoms with Gasteiger partial charge in [-0.3, -0.25) is 4.79 Å². The highest BCUT2D eigenvalue weighted by atomic mass is 16.1. The minimum atomic E-state index is 0.00750. The van der Waals surface area contributed by atoms with Crippen LogP contribution in [0.1, 0.15) is 18.9 Å². The van der Waals surface area contributed by atoms with Gasteiger partial charge >= 0.3 is 0 Å². The van der Waals surface area contributed by atoms with Crippen molar-refractivity contribution >= 4 is 5.82 Å². The van der Waals surface area contributed by atoms with Crippen LogP contribution in [0.2, 0.25) is 0 Å². The number of hydrogen-bond acceptors (Lipinski definition) is 3. The zero-order valence-corrected chi connectivity index (χ0v) is 7.90. The van der Waals surface area contributed by atoms with Crippen molar-refractivity contribution in [1.29, 1.82) is 0 Å². The quantitative estimate of drug-likeness (QED) is 0.668. The molecule has 13 heavy (non-hydrogen) atoms. The van der Waals surface area contributed by atoms with E-state index in [2.05, 4.69) is 5.10 Å². The van der Waals surface area contributed by atoms with Gasteiger partial charge in [0.1, 0.15) is 5.82 Å². The van der Waals surface area contributed by atoms with E-state index in [1.54, 1.807) is 16.8 Å². The molecule has 1 aromatic rings. The topological polar surface area (TPSA) is 38.1 Å². The molecule has 1 fully saturated rings. The minimum absolute atomic E-state index is 0.00750. The molecule has 0 atom stereocenters. The monoisotopic (exact) mass is 179 g/mol. The normalized spacial score (nSPS) is 15.8. The number of hydrogen-bond donors (Lipinski definition) is 0. The van der Waals surface area contributed by atoms with Gasteiger partial charge in [0, 0.05) is 20.2 Å². The fourth-order valence-corrected chi connectivity index (χ4v) is 1.23. The van der Waals surface area contributed by atoms with Crippen molar-refractivity contribution in [3.05, 3.63) is 22.5 Å². The summed E-state index contributed by atoms with van der Waals surface area (Å²) >= 11 is 0. The summed E-state index contributed by atoms with van der Waals surface area (Å²) in [5, 5.41) is 4.26. The van der Waals surface area contributed by atoms with Gasteiger partial charge < -0.3 is 4.90 Å². The fourth-order valence-electron chi connectivity index (χ4n) is 1.23. The third kappa shape index (κ3) is 1.56. The summed E-state index contributed by atoms with van der Waals surface area (Å²) in [6.07, 6.45) is 2.17. The molecule has 0 N–H and O–H groups in total. The number of rotatable bonds is 2. The molecule has 0 unspecified atom stereocenters. The summed E-state index contributed by atoms with van der Waals surface area (Å²) < 4.78 is 1.59. The summed E-state index contributed by atoms with van der Waals surface area (Å²) in [4.78, 5) is 13.3. The summed E-state index contributed by atoms with van der Waals surface area (Å²) in [5.74, 6) is 0.839. The maximum atomic E-state index is 11.4. The van der Waals surface area contributed by atoms with Crippen molar-refractivity contribution in [2.75, 3.05) is 19.0 Å². The average Bonchev–Trinajstić information content (AvgIpc) is 2.87. The Morgan fingerprint density at radius 2 is 2.15 bits per heavy atom. The van der Waals surface area contributed by atoms with E-state index in [4.69, 9.17) is 0 Å². The van der Waals surface area contributed by atoms with Gasteiger partial charge in [0.2, 0.25) is 0 Å². The summed E-state index contributed by atoms with van der Waals surface area (Å²) in [6.45, 7) is 0. The predicted octanol–water partition coefficient (Wildman–Crippen LogP) is 0.644. The number of anilines is 1. The van der Waals surface area contributed by atoms with E-state index in [-0.39, 0.29) is 5.56 Å². The van der Waals surface area contributed by atoms with Gasteiger partial charge in [0.15, 0.2) is 0 Å². The number of aromatic nitrogens is 2. The van der Waals surface area contributed by atoms with Crippen molar-refractivity contribution in [1.82, 2.24) is 9.78 Å². The first-order chi connectivity index (χ1) is 6.18. The lowest BCUT2D eigenvalue weighted by molar-refractivity contribution is 0.597. The smallest absolute Gasteiger partial charge is 0.267 e. The molecule has 0 saturated heterocycles. The van der Waals surface area contributed by atoms with Gasteiger partial charge in [-0.25, -0.2) is 4.68 Å². The Balaban J connectivity index is 2.42. The summed E-state index contributed by atoms with van der Waals surface area (Å²) in [6, 6.07) is 3.69. The van der Waals surface area contributed by atoms with E-state index in [9.17, 15) is 4.79 Å². The molecular formula is C9H13N3O. The first-order valence-electron chi connectivity index (χ1n) is 4.45. The zero-order chi connectivity index (χ0) is 9.42. The van der Waals surface area contributed by atoms with Gasteiger partial charge in [0.05, 0.1) is 6.04 Å². The van der Waals surface area contributed by atoms with Gasteiger partial charge in [0.25, 0.3) is 5.56 Å². The van der Waals surface area contributed by atoms with Crippen molar-refractivity contribution < 1.29 is 0 Å². The summed E-state index contributed by atoms with van der Waals surface area (Å²) in [7, 11) is 3.84. The molecule has 1 heterocycles. The molecule has 1 saturated carbocycles. The minimum Gasteiger partial charge on any atom is -0.361 e. The molecule has 0 aromatic carbocycles. The third-order valence-corrected chi connectivity index (χ3v) is 2.16. The van der Waals surface area contributed by atoms with Gasteiger partial charge in [-0.1, -0.05) is 0 Å². The molecule has 1 aliphatic rings. The predicted molar refractivity (Wildman–Crippen MR) is 51.1 cm³/mol. The van der Waals surface area contributed by atoms with Crippen molar-refractivity contribution in [2.45, 2.75) is 18.9 Å². The Bertz CT molecular complexity index is 365. The molecule has 0 bridgehead atoms. The lowest BCUT2D eigenvalue weighted by Crippen LogP contribution is -2.24. The van der Waals surface area contributed by atoms with E-state index >= 15 is 0 Å². The largest absolute Gasteiger partial charge is 0.361 e. The van der Waals surface area contributed by atoms with Crippen LogP contribution in [0.25, 0.3) is 0 Å². The van der Waals surface area contributed by atoms with E-state index in [1.165, 1.54) is 0 Å². The van der Waals surface area contributed by atoms with Crippen LogP contribution < -0.4 is 10.5 Å². The maximum Gasteiger partial charge on any atom is 0.267 e. The Morgan fingerprint density at radius 1 is 1.46 bits per heavy atom. The highest BCUT2D eigenvalue weighted by Gasteiger charge is 2.25. The molecule has 0 amide bonds. The lowest BCUT2D eigenvalue weighted by Gasteiger charge is -2.12. The van der Waals surface area contributed by atoms with E-state index < -0.39 is 0 Å². The molecule has 4 nitrogen and oxygen atoms in total. The van der Waals surface area contributed by atoms with Crippen LogP contribution in [-0.2, 0) is 0 Å². The Kier molecular flexibility index (Phi) is 1.83. The first-order valence-corrected chi connectivity index (χ1v) is 4.45. The van der Waals surface area contributed by atoms with Crippen LogP contribution >= 0.6 is 0 Å². The highest BCUT2D eigenvalue weighted by Crippen LogP contribution is 2.32. The van der Waals surface area contributed by atoms with E-state index in [0.717, 1.165) is 18.7 Å². The highest BCUT2D eigenvalue weighted by molar-refractivity contribution is 5.33. The molecular weight excluding hydrogens is 166 g/mol. The lowest BCUT2D eigenvalue weighted by atomic mass is 10.5. The van der Waals surface area contributed by atoms with Gasteiger partial charge in [-0.15, -0.1) is 0 Å². The van der Waals surface area contributed by atoms with Crippen LogP contribution in [0.15, 0.2) is 16.9 Å². The molecule has 0 spiro atoms. The Morgan fingerprint density at radius 3 is 2.69 bits per heavy atom. The van der Waals surface area contributed by atoms with Crippen LogP contribution in [-0.4, -0.2) is 23.9 Å². The van der Waals surface area contributed by atoms with Crippen molar-refractivity contribution in [3.63, 3.8) is 0 Å². The molecule has 0 radical (unpaired) electrons. The van der Waals surface area contributed by atoms with Crippen LogP contribution in [0, 0.1) is 0 Å². The van der Waals surface area contributed by atoms with E-state index in [1.807, 2.05) is 19.0 Å². The van der Waals surface area contributed by atoms with Crippen LogP contribution in [0.5, 0.6) is 0 Å². The van der Waals surface area contributed by atoms with Crippen molar-refractivity contribution in [3.8, 4) is 0 Å². The standard InChI is InChI=1S/C9H13N3O/c1-11(2)8-5-6-9(13)12(10-8)7-3-4-7/h5-7H,3-4H2,1-2H3. The Hall–Kier alpha value is -1.32. The van der Waals surface area contributed by atoms with Gasteiger partial charge in [-0.2, -0.15) is 5.10 Å². The third-order valence-electron chi connectivity index (χ3n) is 2.16. The number of nitrogens with zero attached hydrogens (tertiary/aromatic N) is 3. The fraction of sp³-hybridized carbons (Fsp3) is 0.556. The second kappa shape index (κ2) is 2.87. The SMILES string of the molecule is CN(C)c1ccc(=O)n(C2CC2)n1.